The van der Waals surface area contributed by atoms with Gasteiger partial charge in [0.05, 0.1) is 4.92 Å². The van der Waals surface area contributed by atoms with Crippen LogP contribution in [-0.2, 0) is 9.53 Å². The van der Waals surface area contributed by atoms with E-state index < -0.39 is 10.9 Å². The van der Waals surface area contributed by atoms with Gasteiger partial charge in [0.2, 0.25) is 5.90 Å². The largest absolute Gasteiger partial charge is 0.402 e. The second-order valence-electron chi connectivity index (χ2n) is 4.56. The van der Waals surface area contributed by atoms with Crippen LogP contribution in [0.25, 0.3) is 6.08 Å². The highest BCUT2D eigenvalue weighted by atomic mass is 32.1. The Labute approximate surface area is 129 Å². The van der Waals surface area contributed by atoms with E-state index in [0.29, 0.717) is 11.1 Å². The summed E-state index contributed by atoms with van der Waals surface area (Å²) in [5.41, 5.74) is 1.00. The molecule has 6 nitrogen and oxygen atoms in total. The van der Waals surface area contributed by atoms with Crippen molar-refractivity contribution in [3.05, 3.63) is 67.5 Å². The SMILES string of the molecule is Cc1c(C2=N/C(=C\c3cccs3)C(=O)O2)cccc1[N+](=O)[O-]. The number of thiophene rings is 1. The third-order valence-electron chi connectivity index (χ3n) is 3.17. The molecule has 0 N–H and O–H groups in total. The van der Waals surface area contributed by atoms with E-state index in [1.807, 2.05) is 17.5 Å². The van der Waals surface area contributed by atoms with Crippen molar-refractivity contribution in [1.82, 2.24) is 0 Å². The third-order valence-corrected chi connectivity index (χ3v) is 3.99. The fourth-order valence-electron chi connectivity index (χ4n) is 2.09. The van der Waals surface area contributed by atoms with Gasteiger partial charge < -0.3 is 4.74 Å². The van der Waals surface area contributed by atoms with Crippen LogP contribution in [0.15, 0.2) is 46.4 Å². The van der Waals surface area contributed by atoms with Gasteiger partial charge in [-0.2, -0.15) is 0 Å². The molecular formula is C15H10N2O4S. The summed E-state index contributed by atoms with van der Waals surface area (Å²) in [7, 11) is 0. The Bertz CT molecular complexity index is 822. The lowest BCUT2D eigenvalue weighted by atomic mass is 10.1. The van der Waals surface area contributed by atoms with Crippen molar-refractivity contribution in [1.29, 1.82) is 0 Å². The van der Waals surface area contributed by atoms with E-state index in [1.165, 1.54) is 23.5 Å². The normalized spacial score (nSPS) is 15.8. The number of esters is 1. The second kappa shape index (κ2) is 5.53. The van der Waals surface area contributed by atoms with Crippen molar-refractivity contribution in [2.45, 2.75) is 6.92 Å². The Morgan fingerprint density at radius 1 is 1.32 bits per heavy atom. The summed E-state index contributed by atoms with van der Waals surface area (Å²) in [5.74, 6) is -0.469. The number of cyclic esters (lactones) is 1. The van der Waals surface area contributed by atoms with Gasteiger partial charge in [-0.15, -0.1) is 11.3 Å². The highest BCUT2D eigenvalue weighted by Crippen LogP contribution is 2.26. The van der Waals surface area contributed by atoms with Crippen molar-refractivity contribution in [3.63, 3.8) is 0 Å². The zero-order valence-electron chi connectivity index (χ0n) is 11.5. The van der Waals surface area contributed by atoms with Crippen LogP contribution in [0.4, 0.5) is 5.69 Å². The van der Waals surface area contributed by atoms with Gasteiger partial charge in [-0.25, -0.2) is 9.79 Å². The Kier molecular flexibility index (Phi) is 3.56. The molecular weight excluding hydrogens is 304 g/mol. The predicted molar refractivity (Wildman–Crippen MR) is 82.8 cm³/mol. The van der Waals surface area contributed by atoms with E-state index in [1.54, 1.807) is 19.1 Å². The van der Waals surface area contributed by atoms with E-state index in [4.69, 9.17) is 4.74 Å². The molecule has 0 atom stereocenters. The van der Waals surface area contributed by atoms with Gasteiger partial charge in [0, 0.05) is 22.1 Å². The molecule has 0 aliphatic carbocycles. The molecule has 22 heavy (non-hydrogen) atoms. The molecule has 1 aromatic heterocycles. The summed E-state index contributed by atoms with van der Waals surface area (Å²) >= 11 is 1.48. The van der Waals surface area contributed by atoms with Crippen molar-refractivity contribution >= 4 is 35.0 Å². The number of carbonyl (C=O) groups excluding carboxylic acids is 1. The first-order chi connectivity index (χ1) is 10.6. The Hall–Kier alpha value is -2.80. The van der Waals surface area contributed by atoms with Gasteiger partial charge in [0.1, 0.15) is 0 Å². The minimum Gasteiger partial charge on any atom is -0.402 e. The molecule has 2 heterocycles. The minimum atomic E-state index is -0.561. The highest BCUT2D eigenvalue weighted by molar-refractivity contribution is 7.10. The molecule has 7 heteroatoms. The molecule has 2 aromatic rings. The van der Waals surface area contributed by atoms with Gasteiger partial charge in [0.25, 0.3) is 5.69 Å². The molecule has 1 aliphatic heterocycles. The molecule has 0 spiro atoms. The molecule has 0 saturated heterocycles. The number of nitro benzene ring substituents is 1. The van der Waals surface area contributed by atoms with Crippen molar-refractivity contribution < 1.29 is 14.5 Å². The Balaban J connectivity index is 2.02. The fraction of sp³-hybridized carbons (Fsp3) is 0.0667. The lowest BCUT2D eigenvalue weighted by molar-refractivity contribution is -0.385. The monoisotopic (exact) mass is 314 g/mol. The number of aliphatic imine (C=N–C) groups is 1. The standard InChI is InChI=1S/C15H10N2O4S/c1-9-11(5-2-6-13(9)17(19)20)14-16-12(15(18)21-14)8-10-4-3-7-22-10/h2-8H,1H3/b12-8-. The van der Waals surface area contributed by atoms with E-state index in [2.05, 4.69) is 4.99 Å². The molecule has 1 aromatic carbocycles. The number of carbonyl (C=O) groups is 1. The van der Waals surface area contributed by atoms with Crippen molar-refractivity contribution in [3.8, 4) is 0 Å². The van der Waals surface area contributed by atoms with Gasteiger partial charge in [-0.1, -0.05) is 12.1 Å². The van der Waals surface area contributed by atoms with E-state index in [-0.39, 0.29) is 17.3 Å². The zero-order valence-corrected chi connectivity index (χ0v) is 12.3. The average Bonchev–Trinajstić information content (AvgIpc) is 3.10. The van der Waals surface area contributed by atoms with Gasteiger partial charge in [-0.3, -0.25) is 10.1 Å². The van der Waals surface area contributed by atoms with Crippen LogP contribution in [0.3, 0.4) is 0 Å². The molecule has 0 fully saturated rings. The summed E-state index contributed by atoms with van der Waals surface area (Å²) < 4.78 is 5.15. The second-order valence-corrected chi connectivity index (χ2v) is 5.54. The van der Waals surface area contributed by atoms with E-state index in [0.717, 1.165) is 4.88 Å². The van der Waals surface area contributed by atoms with Crippen LogP contribution in [0.1, 0.15) is 16.0 Å². The maximum Gasteiger partial charge on any atom is 0.363 e. The first-order valence-corrected chi connectivity index (χ1v) is 7.24. The highest BCUT2D eigenvalue weighted by Gasteiger charge is 2.27. The number of nitrogens with zero attached hydrogens (tertiary/aromatic N) is 2. The van der Waals surface area contributed by atoms with Gasteiger partial charge in [-0.05, 0) is 30.5 Å². The molecule has 3 rings (SSSR count). The number of rotatable bonds is 3. The minimum absolute atomic E-state index is 0.0352. The van der Waals surface area contributed by atoms with Crippen LogP contribution < -0.4 is 0 Å². The molecule has 0 saturated carbocycles. The van der Waals surface area contributed by atoms with Crippen LogP contribution in [-0.4, -0.2) is 16.8 Å². The summed E-state index contributed by atoms with van der Waals surface area (Å²) in [4.78, 5) is 27.4. The molecule has 110 valence electrons. The number of ether oxygens (including phenoxy) is 1. The summed E-state index contributed by atoms with van der Waals surface area (Å²) in [6.45, 7) is 1.60. The first kappa shape index (κ1) is 14.2. The molecule has 0 radical (unpaired) electrons. The molecule has 0 bridgehead atoms. The summed E-state index contributed by atoms with van der Waals surface area (Å²) in [6, 6.07) is 8.31. The van der Waals surface area contributed by atoms with Crippen LogP contribution in [0.5, 0.6) is 0 Å². The number of nitro groups is 1. The third kappa shape index (κ3) is 2.53. The number of hydrogen-bond donors (Lipinski definition) is 0. The van der Waals surface area contributed by atoms with Crippen molar-refractivity contribution in [2.75, 3.05) is 0 Å². The van der Waals surface area contributed by atoms with Gasteiger partial charge in [0.15, 0.2) is 5.70 Å². The predicted octanol–water partition coefficient (Wildman–Crippen LogP) is 3.31. The molecule has 1 aliphatic rings. The maximum atomic E-state index is 11.9. The number of benzene rings is 1. The van der Waals surface area contributed by atoms with Crippen LogP contribution >= 0.6 is 11.3 Å². The first-order valence-electron chi connectivity index (χ1n) is 6.36. The zero-order chi connectivity index (χ0) is 15.7. The Morgan fingerprint density at radius 3 is 2.82 bits per heavy atom. The molecule has 0 unspecified atom stereocenters. The average molecular weight is 314 g/mol. The van der Waals surface area contributed by atoms with Crippen LogP contribution in [0.2, 0.25) is 0 Å². The lowest BCUT2D eigenvalue weighted by Crippen LogP contribution is -2.08. The summed E-state index contributed by atoms with van der Waals surface area (Å²) in [5, 5.41) is 12.9. The maximum absolute atomic E-state index is 11.9. The van der Waals surface area contributed by atoms with E-state index in [9.17, 15) is 14.9 Å². The fourth-order valence-corrected chi connectivity index (χ4v) is 2.74. The van der Waals surface area contributed by atoms with Crippen molar-refractivity contribution in [2.24, 2.45) is 4.99 Å². The molecule has 0 amide bonds. The summed E-state index contributed by atoms with van der Waals surface area (Å²) in [6.07, 6.45) is 1.63. The quantitative estimate of drug-likeness (QED) is 0.377. The lowest BCUT2D eigenvalue weighted by Gasteiger charge is -2.04. The smallest absolute Gasteiger partial charge is 0.363 e. The Morgan fingerprint density at radius 2 is 2.14 bits per heavy atom. The topological polar surface area (TPSA) is 81.8 Å². The van der Waals surface area contributed by atoms with Gasteiger partial charge >= 0.3 is 5.97 Å². The van der Waals surface area contributed by atoms with Crippen LogP contribution in [0, 0.1) is 17.0 Å². The van der Waals surface area contributed by atoms with E-state index >= 15 is 0 Å². The number of hydrogen-bond acceptors (Lipinski definition) is 6.